The molecule has 2 aromatic rings. The number of amides is 2. The van der Waals surface area contributed by atoms with Crippen molar-refractivity contribution in [2.24, 2.45) is 0 Å². The van der Waals surface area contributed by atoms with Crippen LogP contribution in [0.4, 0.5) is 10.1 Å². The quantitative estimate of drug-likeness (QED) is 0.766. The average molecular weight is 386 g/mol. The fraction of sp³-hybridized carbons (Fsp3) is 0.333. The molecule has 0 saturated heterocycles. The van der Waals surface area contributed by atoms with E-state index < -0.39 is 11.9 Å². The van der Waals surface area contributed by atoms with Gasteiger partial charge in [0.1, 0.15) is 12.3 Å². The summed E-state index contributed by atoms with van der Waals surface area (Å²) in [7, 11) is 1.40. The number of nitrogens with zero attached hydrogens (tertiary/aromatic N) is 2. The Balaban J connectivity index is 1.77. The van der Waals surface area contributed by atoms with Gasteiger partial charge in [0.25, 0.3) is 5.91 Å². The smallest absolute Gasteiger partial charge is 0.268 e. The molecule has 1 atom stereocenters. The van der Waals surface area contributed by atoms with E-state index in [2.05, 4.69) is 0 Å². The van der Waals surface area contributed by atoms with Crippen LogP contribution in [0.25, 0.3) is 0 Å². The summed E-state index contributed by atoms with van der Waals surface area (Å²) in [5.41, 5.74) is 1.22. The third kappa shape index (κ3) is 3.93. The molecule has 0 radical (unpaired) electrons. The van der Waals surface area contributed by atoms with Crippen LogP contribution in [0.3, 0.4) is 0 Å². The Kier molecular flexibility index (Phi) is 5.82. The van der Waals surface area contributed by atoms with E-state index in [1.54, 1.807) is 36.1 Å². The van der Waals surface area contributed by atoms with Crippen LogP contribution in [-0.4, -0.2) is 43.0 Å². The van der Waals surface area contributed by atoms with Crippen LogP contribution in [0.5, 0.6) is 11.5 Å². The highest BCUT2D eigenvalue weighted by Gasteiger charge is 2.33. The second-order valence-electron chi connectivity index (χ2n) is 6.53. The zero-order valence-electron chi connectivity index (χ0n) is 16.1. The first-order valence-electron chi connectivity index (χ1n) is 9.11. The second kappa shape index (κ2) is 8.29. The summed E-state index contributed by atoms with van der Waals surface area (Å²) < 4.78 is 24.5. The number of halogens is 1. The van der Waals surface area contributed by atoms with E-state index in [0.29, 0.717) is 23.5 Å². The molecule has 148 valence electrons. The molecular weight excluding hydrogens is 363 g/mol. The van der Waals surface area contributed by atoms with Crippen LogP contribution in [0.2, 0.25) is 0 Å². The van der Waals surface area contributed by atoms with E-state index in [1.165, 1.54) is 24.1 Å². The van der Waals surface area contributed by atoms with Crippen LogP contribution >= 0.6 is 0 Å². The van der Waals surface area contributed by atoms with Crippen molar-refractivity contribution >= 4 is 17.5 Å². The zero-order chi connectivity index (χ0) is 20.3. The van der Waals surface area contributed by atoms with Gasteiger partial charge in [-0.25, -0.2) is 4.39 Å². The van der Waals surface area contributed by atoms with E-state index in [0.717, 1.165) is 0 Å². The number of rotatable bonds is 6. The summed E-state index contributed by atoms with van der Waals surface area (Å²) >= 11 is 0. The molecule has 2 amide bonds. The molecule has 3 rings (SSSR count). The number of carbonyl (C=O) groups is 2. The summed E-state index contributed by atoms with van der Waals surface area (Å²) in [6.45, 7) is 4.08. The van der Waals surface area contributed by atoms with E-state index in [1.807, 2.05) is 13.0 Å². The van der Waals surface area contributed by atoms with Crippen LogP contribution < -0.4 is 14.4 Å². The minimum Gasteiger partial charge on any atom is -0.494 e. The average Bonchev–Trinajstić information content (AvgIpc) is 2.69. The first-order chi connectivity index (χ1) is 13.4. The Morgan fingerprint density at radius 2 is 2.04 bits per heavy atom. The van der Waals surface area contributed by atoms with Gasteiger partial charge in [-0.15, -0.1) is 0 Å². The van der Waals surface area contributed by atoms with Crippen molar-refractivity contribution in [3.05, 3.63) is 53.8 Å². The van der Waals surface area contributed by atoms with Crippen molar-refractivity contribution in [3.8, 4) is 11.5 Å². The van der Waals surface area contributed by atoms with Gasteiger partial charge < -0.3 is 14.4 Å². The van der Waals surface area contributed by atoms with E-state index in [4.69, 9.17) is 9.47 Å². The molecule has 7 heteroatoms. The largest absolute Gasteiger partial charge is 0.494 e. The Morgan fingerprint density at radius 1 is 1.29 bits per heavy atom. The van der Waals surface area contributed by atoms with Crippen molar-refractivity contribution in [2.75, 3.05) is 25.1 Å². The van der Waals surface area contributed by atoms with Crippen molar-refractivity contribution in [1.29, 1.82) is 0 Å². The van der Waals surface area contributed by atoms with E-state index in [9.17, 15) is 14.0 Å². The van der Waals surface area contributed by atoms with Gasteiger partial charge in [0.05, 0.1) is 12.8 Å². The van der Waals surface area contributed by atoms with Gasteiger partial charge in [-0.1, -0.05) is 18.2 Å². The molecule has 2 aromatic carbocycles. The predicted octanol–water partition coefficient (Wildman–Crippen LogP) is 3.00. The molecule has 1 aliphatic heterocycles. The van der Waals surface area contributed by atoms with Gasteiger partial charge >= 0.3 is 0 Å². The summed E-state index contributed by atoms with van der Waals surface area (Å²) in [6.07, 6.45) is -0.659. The maximum Gasteiger partial charge on any atom is 0.268 e. The number of likely N-dealkylation sites (N-methyl/N-ethyl adjacent to an activating group) is 1. The van der Waals surface area contributed by atoms with Crippen LogP contribution in [-0.2, 0) is 16.1 Å². The third-order valence-electron chi connectivity index (χ3n) is 4.69. The molecule has 0 aliphatic carbocycles. The molecule has 1 unspecified atom stereocenters. The van der Waals surface area contributed by atoms with Gasteiger partial charge in [0.15, 0.2) is 17.7 Å². The van der Waals surface area contributed by atoms with Crippen LogP contribution in [0.15, 0.2) is 42.5 Å². The SMILES string of the molecule is CCN(Cc1ccc(OC)c(F)c1)C(=O)CN1C(=O)C(C)Oc2ccccc21. The number of para-hydroxylation sites is 2. The molecule has 1 aliphatic rings. The van der Waals surface area contributed by atoms with Crippen molar-refractivity contribution in [2.45, 2.75) is 26.5 Å². The summed E-state index contributed by atoms with van der Waals surface area (Å²) in [4.78, 5) is 28.5. The first-order valence-corrected chi connectivity index (χ1v) is 9.11. The summed E-state index contributed by atoms with van der Waals surface area (Å²) in [6, 6.07) is 11.7. The van der Waals surface area contributed by atoms with Crippen molar-refractivity contribution in [3.63, 3.8) is 0 Å². The Labute approximate surface area is 163 Å². The van der Waals surface area contributed by atoms with Gasteiger partial charge in [-0.05, 0) is 43.7 Å². The van der Waals surface area contributed by atoms with Gasteiger partial charge in [0, 0.05) is 13.1 Å². The molecule has 0 aromatic heterocycles. The highest BCUT2D eigenvalue weighted by Crippen LogP contribution is 2.33. The molecule has 0 saturated carbocycles. The molecular formula is C21H23FN2O4. The Hall–Kier alpha value is -3.09. The maximum absolute atomic E-state index is 13.9. The lowest BCUT2D eigenvalue weighted by atomic mass is 10.1. The van der Waals surface area contributed by atoms with Crippen LogP contribution in [0, 0.1) is 5.82 Å². The molecule has 6 nitrogen and oxygen atoms in total. The summed E-state index contributed by atoms with van der Waals surface area (Å²) in [5, 5.41) is 0. The highest BCUT2D eigenvalue weighted by molar-refractivity contribution is 6.03. The molecule has 0 fully saturated rings. The first kappa shape index (κ1) is 19.7. The highest BCUT2D eigenvalue weighted by atomic mass is 19.1. The van der Waals surface area contributed by atoms with E-state index >= 15 is 0 Å². The number of benzene rings is 2. The molecule has 0 N–H and O–H groups in total. The van der Waals surface area contributed by atoms with E-state index in [-0.39, 0.29) is 30.7 Å². The predicted molar refractivity (Wildman–Crippen MR) is 103 cm³/mol. The van der Waals surface area contributed by atoms with Gasteiger partial charge in [-0.3, -0.25) is 14.5 Å². The van der Waals surface area contributed by atoms with Crippen molar-refractivity contribution < 1.29 is 23.5 Å². The number of hydrogen-bond donors (Lipinski definition) is 0. The van der Waals surface area contributed by atoms with Crippen molar-refractivity contribution in [1.82, 2.24) is 4.90 Å². The lowest BCUT2D eigenvalue weighted by Gasteiger charge is -2.34. The minimum atomic E-state index is -0.659. The standard InChI is InChI=1S/C21H23FN2O4/c1-4-23(12-15-9-10-18(27-3)16(22)11-15)20(25)13-24-17-7-5-6-8-19(17)28-14(2)21(24)26/h5-11,14H,4,12-13H2,1-3H3. The molecule has 28 heavy (non-hydrogen) atoms. The topological polar surface area (TPSA) is 59.1 Å². The normalized spacial score (nSPS) is 15.6. The molecule has 1 heterocycles. The summed E-state index contributed by atoms with van der Waals surface area (Å²) in [5.74, 6) is -0.241. The fourth-order valence-electron chi connectivity index (χ4n) is 3.16. The second-order valence-corrected chi connectivity index (χ2v) is 6.53. The van der Waals surface area contributed by atoms with Crippen LogP contribution in [0.1, 0.15) is 19.4 Å². The Morgan fingerprint density at radius 3 is 2.71 bits per heavy atom. The number of ether oxygens (including phenoxy) is 2. The third-order valence-corrected chi connectivity index (χ3v) is 4.69. The number of fused-ring (bicyclic) bond motifs is 1. The number of anilines is 1. The number of carbonyl (C=O) groups excluding carboxylic acids is 2. The zero-order valence-corrected chi connectivity index (χ0v) is 16.1. The monoisotopic (exact) mass is 386 g/mol. The number of methoxy groups -OCH3 is 1. The Bertz CT molecular complexity index is 886. The molecule has 0 spiro atoms. The lowest BCUT2D eigenvalue weighted by molar-refractivity contribution is -0.133. The van der Waals surface area contributed by atoms with Gasteiger partial charge in [-0.2, -0.15) is 0 Å². The van der Waals surface area contributed by atoms with Gasteiger partial charge in [0.2, 0.25) is 5.91 Å². The lowest BCUT2D eigenvalue weighted by Crippen LogP contribution is -2.49. The minimum absolute atomic E-state index is 0.101. The maximum atomic E-state index is 13.9. The number of hydrogen-bond acceptors (Lipinski definition) is 4. The molecule has 0 bridgehead atoms. The fourth-order valence-corrected chi connectivity index (χ4v) is 3.16.